The molecule has 0 radical (unpaired) electrons. The fourth-order valence-electron chi connectivity index (χ4n) is 3.71. The Balaban J connectivity index is 1.35. The van der Waals surface area contributed by atoms with Crippen molar-refractivity contribution in [2.45, 2.75) is 19.6 Å². The van der Waals surface area contributed by atoms with Crippen LogP contribution in [0.4, 0.5) is 0 Å². The molecule has 8 nitrogen and oxygen atoms in total. The number of carbonyl (C=O) groups excluding carboxylic acids is 1. The number of rotatable bonds is 7. The molecular weight excluding hydrogens is 454 g/mol. The number of nitrogens with zero attached hydrogens (tertiary/aromatic N) is 3. The maximum atomic E-state index is 12.3. The summed E-state index contributed by atoms with van der Waals surface area (Å²) in [5.41, 5.74) is 7.98. The summed E-state index contributed by atoms with van der Waals surface area (Å²) in [5, 5.41) is 13.9. The summed E-state index contributed by atoms with van der Waals surface area (Å²) in [5.74, 6) is -0.483. The first kappa shape index (κ1) is 22.1. The van der Waals surface area contributed by atoms with Crippen LogP contribution in [0.5, 0.6) is 0 Å². The molecule has 2 aromatic carbocycles. The van der Waals surface area contributed by atoms with Gasteiger partial charge in [0, 0.05) is 17.1 Å². The van der Waals surface area contributed by atoms with Crippen LogP contribution in [0.2, 0.25) is 5.02 Å². The molecule has 0 spiro atoms. The van der Waals surface area contributed by atoms with Gasteiger partial charge in [0.25, 0.3) is 5.91 Å². The van der Waals surface area contributed by atoms with Gasteiger partial charge in [-0.3, -0.25) is 24.4 Å². The second-order valence-electron chi connectivity index (χ2n) is 8.08. The third kappa shape index (κ3) is 4.51. The topological polar surface area (TPSA) is 105 Å². The number of carbonyl (C=O) groups is 1. The number of aliphatic hydroxyl groups is 1. The third-order valence-electron chi connectivity index (χ3n) is 5.39. The van der Waals surface area contributed by atoms with Crippen molar-refractivity contribution in [1.29, 1.82) is 0 Å². The number of halogens is 1. The number of fused-ring (bicyclic) bond motifs is 2. The van der Waals surface area contributed by atoms with Crippen LogP contribution in [-0.4, -0.2) is 43.5 Å². The normalized spacial score (nSPS) is 12.3. The average molecular weight is 476 g/mol. The molecule has 34 heavy (non-hydrogen) atoms. The Labute approximate surface area is 200 Å². The number of H-pyrrole nitrogens is 1. The van der Waals surface area contributed by atoms with Gasteiger partial charge in [0.2, 0.25) is 0 Å². The maximum Gasteiger partial charge on any atom is 0.276 e. The lowest BCUT2D eigenvalue weighted by Gasteiger charge is -2.17. The highest BCUT2D eigenvalue weighted by Crippen LogP contribution is 2.27. The molecule has 1 atom stereocenters. The van der Waals surface area contributed by atoms with E-state index in [1.54, 1.807) is 31.3 Å². The second-order valence-corrected chi connectivity index (χ2v) is 8.49. The molecule has 0 saturated heterocycles. The van der Waals surface area contributed by atoms with Gasteiger partial charge in [-0.2, -0.15) is 0 Å². The number of hydrogen-bond acceptors (Lipinski definition) is 5. The molecule has 5 aromatic rings. The fraction of sp³-hybridized carbons (Fsp3) is 0.160. The van der Waals surface area contributed by atoms with Crippen molar-refractivity contribution in [2.24, 2.45) is 0 Å². The molecule has 0 fully saturated rings. The number of hydroxylamine groups is 1. The van der Waals surface area contributed by atoms with Crippen molar-refractivity contribution in [3.05, 3.63) is 83.0 Å². The van der Waals surface area contributed by atoms with Crippen molar-refractivity contribution in [2.75, 3.05) is 6.61 Å². The van der Waals surface area contributed by atoms with Crippen molar-refractivity contribution < 1.29 is 14.7 Å². The molecule has 3 aromatic heterocycles. The molecule has 0 saturated carbocycles. The van der Waals surface area contributed by atoms with Gasteiger partial charge in [-0.25, -0.2) is 10.5 Å². The van der Waals surface area contributed by atoms with Gasteiger partial charge < -0.3 is 5.11 Å². The first-order valence-electron chi connectivity index (χ1n) is 10.8. The minimum atomic E-state index is -0.688. The molecule has 1 amide bonds. The molecule has 0 aliphatic carbocycles. The van der Waals surface area contributed by atoms with E-state index in [4.69, 9.17) is 21.4 Å². The Morgan fingerprint density at radius 1 is 1.21 bits per heavy atom. The Morgan fingerprint density at radius 3 is 2.91 bits per heavy atom. The average Bonchev–Trinajstić information content (AvgIpc) is 2.82. The predicted octanol–water partition coefficient (Wildman–Crippen LogP) is 4.32. The van der Waals surface area contributed by atoms with E-state index in [2.05, 4.69) is 27.7 Å². The molecule has 0 aliphatic rings. The van der Waals surface area contributed by atoms with Crippen molar-refractivity contribution >= 4 is 39.6 Å². The number of aromatic amines is 1. The summed E-state index contributed by atoms with van der Waals surface area (Å²) in [6, 6.07) is 19.2. The predicted molar refractivity (Wildman–Crippen MR) is 130 cm³/mol. The first-order chi connectivity index (χ1) is 16.5. The second kappa shape index (κ2) is 9.26. The number of aliphatic hydroxyl groups excluding tert-OH is 1. The van der Waals surface area contributed by atoms with Gasteiger partial charge in [0.05, 0.1) is 40.0 Å². The highest BCUT2D eigenvalue weighted by atomic mass is 35.5. The molecule has 3 heterocycles. The SMILES string of the molecule is C[C@H](O)CONC(=O)c1ccc(-c2ccc3[nH]n(Cc4ccc5ncccc5c4)c3n2)cc1Cl. The van der Waals surface area contributed by atoms with Gasteiger partial charge in [0.15, 0.2) is 5.65 Å². The fourth-order valence-corrected chi connectivity index (χ4v) is 3.98. The van der Waals surface area contributed by atoms with E-state index in [0.29, 0.717) is 6.54 Å². The largest absolute Gasteiger partial charge is 0.391 e. The maximum absolute atomic E-state index is 12.3. The highest BCUT2D eigenvalue weighted by Gasteiger charge is 2.14. The van der Waals surface area contributed by atoms with E-state index >= 15 is 0 Å². The Kier molecular flexibility index (Phi) is 6.02. The van der Waals surface area contributed by atoms with E-state index in [1.807, 2.05) is 35.0 Å². The zero-order valence-electron chi connectivity index (χ0n) is 18.3. The Hall–Kier alpha value is -3.72. The van der Waals surface area contributed by atoms with Gasteiger partial charge in [-0.1, -0.05) is 29.8 Å². The number of aromatic nitrogens is 4. The lowest BCUT2D eigenvalue weighted by Crippen LogP contribution is -2.27. The van der Waals surface area contributed by atoms with Crippen LogP contribution in [0, 0.1) is 0 Å². The zero-order chi connectivity index (χ0) is 23.7. The number of hydrogen-bond donors (Lipinski definition) is 3. The molecule has 5 rings (SSSR count). The van der Waals surface area contributed by atoms with Crippen molar-refractivity contribution in [1.82, 2.24) is 25.2 Å². The van der Waals surface area contributed by atoms with E-state index in [9.17, 15) is 9.90 Å². The summed E-state index contributed by atoms with van der Waals surface area (Å²) < 4.78 is 1.99. The number of pyridine rings is 2. The molecule has 3 N–H and O–H groups in total. The van der Waals surface area contributed by atoms with E-state index in [1.165, 1.54) is 0 Å². The Bertz CT molecular complexity index is 1490. The molecule has 0 unspecified atom stereocenters. The van der Waals surface area contributed by atoms with Crippen LogP contribution in [0.1, 0.15) is 22.8 Å². The highest BCUT2D eigenvalue weighted by molar-refractivity contribution is 6.34. The third-order valence-corrected chi connectivity index (χ3v) is 5.71. The van der Waals surface area contributed by atoms with Crippen LogP contribution < -0.4 is 5.48 Å². The van der Waals surface area contributed by atoms with Gasteiger partial charge >= 0.3 is 0 Å². The van der Waals surface area contributed by atoms with Gasteiger partial charge in [0.1, 0.15) is 6.61 Å². The number of benzene rings is 2. The molecule has 0 aliphatic heterocycles. The van der Waals surface area contributed by atoms with Crippen LogP contribution in [0.3, 0.4) is 0 Å². The van der Waals surface area contributed by atoms with Crippen molar-refractivity contribution in [3.8, 4) is 11.3 Å². The number of amides is 1. The minimum Gasteiger partial charge on any atom is -0.391 e. The summed E-state index contributed by atoms with van der Waals surface area (Å²) in [6.07, 6.45) is 1.10. The van der Waals surface area contributed by atoms with Crippen LogP contribution in [0.25, 0.3) is 33.3 Å². The van der Waals surface area contributed by atoms with E-state index in [0.717, 1.165) is 38.9 Å². The quantitative estimate of drug-likeness (QED) is 0.304. The zero-order valence-corrected chi connectivity index (χ0v) is 19.1. The van der Waals surface area contributed by atoms with E-state index in [-0.39, 0.29) is 17.2 Å². The lowest BCUT2D eigenvalue weighted by molar-refractivity contribution is -0.00686. The smallest absolute Gasteiger partial charge is 0.276 e. The van der Waals surface area contributed by atoms with Gasteiger partial charge in [-0.15, -0.1) is 0 Å². The summed E-state index contributed by atoms with van der Waals surface area (Å²) in [7, 11) is 0. The standard InChI is InChI=1S/C25H22ClN5O3/c1-15(32)14-34-30-25(33)19-6-5-18(12-20(19)26)22-8-9-23-24(28-22)31(29-23)13-16-4-7-21-17(11-16)3-2-10-27-21/h2-12,15,29,32H,13-14H2,1H3,(H,30,33)/t15-/m0/s1. The monoisotopic (exact) mass is 475 g/mol. The molecule has 0 bridgehead atoms. The van der Waals surface area contributed by atoms with Gasteiger partial charge in [-0.05, 0) is 55.0 Å². The van der Waals surface area contributed by atoms with E-state index < -0.39 is 12.0 Å². The minimum absolute atomic E-state index is 0.0128. The summed E-state index contributed by atoms with van der Waals surface area (Å²) in [4.78, 5) is 26.4. The van der Waals surface area contributed by atoms with Crippen LogP contribution >= 0.6 is 11.6 Å². The summed E-state index contributed by atoms with van der Waals surface area (Å²) >= 11 is 6.36. The molecule has 9 heteroatoms. The summed E-state index contributed by atoms with van der Waals surface area (Å²) in [6.45, 7) is 2.20. The van der Waals surface area contributed by atoms with Crippen molar-refractivity contribution in [3.63, 3.8) is 0 Å². The first-order valence-corrected chi connectivity index (χ1v) is 11.1. The van der Waals surface area contributed by atoms with Crippen LogP contribution in [0.15, 0.2) is 66.9 Å². The van der Waals surface area contributed by atoms with Crippen LogP contribution in [-0.2, 0) is 11.4 Å². The molecule has 172 valence electrons. The Morgan fingerprint density at radius 2 is 2.09 bits per heavy atom. The molecular formula is C25H22ClN5O3. The lowest BCUT2D eigenvalue weighted by atomic mass is 10.1. The number of nitrogens with one attached hydrogen (secondary N) is 2.